The van der Waals surface area contributed by atoms with Crippen LogP contribution in [0.25, 0.3) is 0 Å². The van der Waals surface area contributed by atoms with E-state index in [0.717, 1.165) is 5.56 Å². The maximum atomic E-state index is 12.1. The average Bonchev–Trinajstić information content (AvgIpc) is 2.60. The Bertz CT molecular complexity index is 746. The van der Waals surface area contributed by atoms with E-state index in [1.54, 1.807) is 4.90 Å². The summed E-state index contributed by atoms with van der Waals surface area (Å²) in [5.41, 5.74) is 1.60. The summed E-state index contributed by atoms with van der Waals surface area (Å²) < 4.78 is 11.2. The molecule has 0 heterocycles. The fraction of sp³-hybridized carbons (Fsp3) is 0.286. The van der Waals surface area contributed by atoms with E-state index < -0.39 is 6.29 Å². The van der Waals surface area contributed by atoms with Crippen molar-refractivity contribution in [2.24, 2.45) is 0 Å². The molecule has 0 aliphatic carbocycles. The summed E-state index contributed by atoms with van der Waals surface area (Å²) in [4.78, 5) is 13.7. The second-order valence-electron chi connectivity index (χ2n) is 5.38. The average molecular weight is 337 g/mol. The van der Waals surface area contributed by atoms with Crippen LogP contribution in [0.5, 0.6) is 5.75 Å². The largest absolute Gasteiger partial charge is 0.463 e. The molecule has 0 aromatic heterocycles. The minimum atomic E-state index is -0.393. The molecule has 1 unspecified atom stereocenters. The van der Waals surface area contributed by atoms with Gasteiger partial charge in [-0.25, -0.2) is 0 Å². The highest BCUT2D eigenvalue weighted by atomic mass is 16.7. The highest BCUT2D eigenvalue weighted by Crippen LogP contribution is 2.29. The number of rotatable bonds is 6. The van der Waals surface area contributed by atoms with Gasteiger partial charge in [0.15, 0.2) is 6.29 Å². The first kappa shape index (κ1) is 18.6. The molecule has 0 bridgehead atoms. The molecule has 130 valence electrons. The summed E-state index contributed by atoms with van der Waals surface area (Å²) in [6, 6.07) is 17.1. The third-order valence-electron chi connectivity index (χ3n) is 3.47. The molecule has 2 aromatic carbocycles. The van der Waals surface area contributed by atoms with Crippen molar-refractivity contribution in [3.05, 3.63) is 60.2 Å². The van der Waals surface area contributed by atoms with Gasteiger partial charge >= 0.3 is 0 Å². The molecule has 0 saturated heterocycles. The Balaban J connectivity index is 2.20. The highest BCUT2D eigenvalue weighted by Gasteiger charge is 2.16. The van der Waals surface area contributed by atoms with E-state index in [9.17, 15) is 4.79 Å². The van der Waals surface area contributed by atoms with E-state index in [0.29, 0.717) is 18.0 Å². The van der Waals surface area contributed by atoms with Crippen LogP contribution in [0.2, 0.25) is 0 Å². The van der Waals surface area contributed by atoms with Gasteiger partial charge in [0.25, 0.3) is 0 Å². The Morgan fingerprint density at radius 3 is 2.48 bits per heavy atom. The third-order valence-corrected chi connectivity index (χ3v) is 3.47. The fourth-order valence-corrected chi connectivity index (χ4v) is 2.34. The van der Waals surface area contributed by atoms with Crippen molar-refractivity contribution in [2.75, 3.05) is 18.1 Å². The van der Waals surface area contributed by atoms with Crippen molar-refractivity contribution >= 4 is 11.6 Å². The first-order valence-corrected chi connectivity index (χ1v) is 8.31. The molecule has 0 fully saturated rings. The highest BCUT2D eigenvalue weighted by molar-refractivity contribution is 5.93. The smallest absolute Gasteiger partial charge is 0.224 e. The van der Waals surface area contributed by atoms with Crippen LogP contribution in [-0.2, 0) is 9.53 Å². The Labute approximate surface area is 149 Å². The summed E-state index contributed by atoms with van der Waals surface area (Å²) in [6.07, 6.45) is -0.393. The minimum Gasteiger partial charge on any atom is -0.463 e. The SMILES string of the molecule is CCOC(C)Oc1ccccc1N(CC#Cc1ccccc1)C(C)=O. The Morgan fingerprint density at radius 1 is 1.12 bits per heavy atom. The van der Waals surface area contributed by atoms with E-state index in [1.165, 1.54) is 6.92 Å². The lowest BCUT2D eigenvalue weighted by Crippen LogP contribution is -2.30. The summed E-state index contributed by atoms with van der Waals surface area (Å²) in [5.74, 6) is 6.63. The van der Waals surface area contributed by atoms with Crippen LogP contribution >= 0.6 is 0 Å². The van der Waals surface area contributed by atoms with Gasteiger partial charge in [0.05, 0.1) is 12.2 Å². The lowest BCUT2D eigenvalue weighted by Gasteiger charge is -2.23. The van der Waals surface area contributed by atoms with Gasteiger partial charge in [0.2, 0.25) is 5.91 Å². The number of para-hydroxylation sites is 2. The van der Waals surface area contributed by atoms with Crippen molar-refractivity contribution in [3.8, 4) is 17.6 Å². The van der Waals surface area contributed by atoms with Crippen LogP contribution in [0.4, 0.5) is 5.69 Å². The van der Waals surface area contributed by atoms with E-state index in [1.807, 2.05) is 68.4 Å². The zero-order valence-electron chi connectivity index (χ0n) is 14.9. The molecular weight excluding hydrogens is 314 g/mol. The van der Waals surface area contributed by atoms with E-state index in [2.05, 4.69) is 11.8 Å². The second-order valence-corrected chi connectivity index (χ2v) is 5.38. The Hall–Kier alpha value is -2.77. The van der Waals surface area contributed by atoms with Crippen molar-refractivity contribution in [3.63, 3.8) is 0 Å². The van der Waals surface area contributed by atoms with Crippen LogP contribution in [0.3, 0.4) is 0 Å². The Morgan fingerprint density at radius 2 is 1.80 bits per heavy atom. The third kappa shape index (κ3) is 5.66. The van der Waals surface area contributed by atoms with Gasteiger partial charge in [0, 0.05) is 19.1 Å². The van der Waals surface area contributed by atoms with E-state index in [-0.39, 0.29) is 12.5 Å². The predicted molar refractivity (Wildman–Crippen MR) is 99.5 cm³/mol. The number of hydrogen-bond donors (Lipinski definition) is 0. The number of benzene rings is 2. The molecule has 0 spiro atoms. The van der Waals surface area contributed by atoms with Crippen molar-refractivity contribution in [2.45, 2.75) is 27.1 Å². The lowest BCUT2D eigenvalue weighted by molar-refractivity contribution is -0.116. The molecule has 4 heteroatoms. The molecule has 0 aliphatic rings. The normalized spacial score (nSPS) is 11.2. The second kappa shape index (κ2) is 9.51. The predicted octanol–water partition coefficient (Wildman–Crippen LogP) is 3.85. The molecule has 0 aliphatic heterocycles. The number of hydrogen-bond acceptors (Lipinski definition) is 3. The summed E-state index contributed by atoms with van der Waals surface area (Å²) in [7, 11) is 0. The number of amides is 1. The first-order valence-electron chi connectivity index (χ1n) is 8.31. The fourth-order valence-electron chi connectivity index (χ4n) is 2.34. The van der Waals surface area contributed by atoms with Gasteiger partial charge in [-0.05, 0) is 38.1 Å². The maximum Gasteiger partial charge on any atom is 0.224 e. The number of anilines is 1. The lowest BCUT2D eigenvalue weighted by atomic mass is 10.2. The Kier molecular flexibility index (Phi) is 7.06. The molecule has 1 amide bonds. The quantitative estimate of drug-likeness (QED) is 0.594. The molecule has 4 nitrogen and oxygen atoms in total. The molecule has 2 rings (SSSR count). The topological polar surface area (TPSA) is 38.8 Å². The van der Waals surface area contributed by atoms with Gasteiger partial charge in [-0.3, -0.25) is 9.69 Å². The minimum absolute atomic E-state index is 0.0949. The molecule has 0 radical (unpaired) electrons. The molecule has 2 aromatic rings. The standard InChI is InChI=1S/C21H23NO3/c1-4-24-18(3)25-21-15-9-8-14-20(21)22(17(2)23)16-10-13-19-11-6-5-7-12-19/h5-9,11-12,14-15,18H,4,16H2,1-3H3. The van der Waals surface area contributed by atoms with Crippen LogP contribution in [0.15, 0.2) is 54.6 Å². The van der Waals surface area contributed by atoms with Crippen molar-refractivity contribution in [1.82, 2.24) is 0 Å². The number of carbonyl (C=O) groups is 1. The van der Waals surface area contributed by atoms with Crippen LogP contribution < -0.4 is 9.64 Å². The van der Waals surface area contributed by atoms with Gasteiger partial charge in [-0.2, -0.15) is 0 Å². The maximum absolute atomic E-state index is 12.1. The van der Waals surface area contributed by atoms with Crippen LogP contribution in [0, 0.1) is 11.8 Å². The monoisotopic (exact) mass is 337 g/mol. The van der Waals surface area contributed by atoms with Crippen molar-refractivity contribution < 1.29 is 14.3 Å². The van der Waals surface area contributed by atoms with Gasteiger partial charge in [-0.1, -0.05) is 42.2 Å². The number of nitrogens with zero attached hydrogens (tertiary/aromatic N) is 1. The number of carbonyl (C=O) groups excluding carboxylic acids is 1. The summed E-state index contributed by atoms with van der Waals surface area (Å²) >= 11 is 0. The molecule has 0 N–H and O–H groups in total. The van der Waals surface area contributed by atoms with E-state index >= 15 is 0 Å². The number of ether oxygens (including phenoxy) is 2. The summed E-state index contributed by atoms with van der Waals surface area (Å²) in [5, 5.41) is 0. The van der Waals surface area contributed by atoms with Gasteiger partial charge in [-0.15, -0.1) is 0 Å². The zero-order chi connectivity index (χ0) is 18.1. The van der Waals surface area contributed by atoms with E-state index in [4.69, 9.17) is 9.47 Å². The summed E-state index contributed by atoms with van der Waals surface area (Å²) in [6.45, 7) is 6.10. The van der Waals surface area contributed by atoms with Gasteiger partial charge in [0.1, 0.15) is 5.75 Å². The van der Waals surface area contributed by atoms with Gasteiger partial charge < -0.3 is 9.47 Å². The molecule has 0 saturated carbocycles. The zero-order valence-corrected chi connectivity index (χ0v) is 14.9. The van der Waals surface area contributed by atoms with Crippen LogP contribution in [0.1, 0.15) is 26.3 Å². The molecule has 25 heavy (non-hydrogen) atoms. The first-order chi connectivity index (χ1) is 12.1. The van der Waals surface area contributed by atoms with Crippen molar-refractivity contribution in [1.29, 1.82) is 0 Å². The van der Waals surface area contributed by atoms with Crippen LogP contribution in [-0.4, -0.2) is 25.3 Å². The molecular formula is C21H23NO3. The molecule has 1 atom stereocenters.